The third kappa shape index (κ3) is 0.888. The number of benzene rings is 1. The van der Waals surface area contributed by atoms with E-state index in [0.29, 0.717) is 0 Å². The van der Waals surface area contributed by atoms with E-state index in [4.69, 9.17) is 5.53 Å². The van der Waals surface area contributed by atoms with Crippen LogP contribution in [0.1, 0.15) is 5.56 Å². The van der Waals surface area contributed by atoms with E-state index >= 15 is 0 Å². The molecular weight excluding hydrogens is 138 g/mol. The summed E-state index contributed by atoms with van der Waals surface area (Å²) in [6.45, 7) is 0.788. The highest BCUT2D eigenvalue weighted by atomic mass is 15.5. The molecule has 11 heavy (non-hydrogen) atoms. The average Bonchev–Trinajstić information content (AvgIpc) is 2.47. The maximum absolute atomic E-state index is 8.56. The molecule has 0 bridgehead atoms. The highest BCUT2D eigenvalue weighted by Crippen LogP contribution is 2.26. The van der Waals surface area contributed by atoms with Gasteiger partial charge in [0.05, 0.1) is 5.69 Å². The van der Waals surface area contributed by atoms with E-state index in [0.717, 1.165) is 18.7 Å². The highest BCUT2D eigenvalue weighted by molar-refractivity contribution is 5.56. The van der Waals surface area contributed by atoms with Gasteiger partial charge in [-0.15, -0.1) is 0 Å². The fourth-order valence-corrected chi connectivity index (χ4v) is 1.41. The molecule has 1 heterocycles. The Balaban J connectivity index is 2.46. The van der Waals surface area contributed by atoms with Crippen LogP contribution in [0.4, 0.5) is 5.69 Å². The topological polar surface area (TPSA) is 37.9 Å². The van der Waals surface area contributed by atoms with Crippen molar-refractivity contribution >= 4 is 5.69 Å². The van der Waals surface area contributed by atoms with Gasteiger partial charge in [0.2, 0.25) is 0 Å². The number of anilines is 1. The highest BCUT2D eigenvalue weighted by Gasteiger charge is 2.16. The molecule has 0 fully saturated rings. The summed E-state index contributed by atoms with van der Waals surface area (Å²) in [4.78, 5) is 0. The van der Waals surface area contributed by atoms with Gasteiger partial charge in [-0.2, -0.15) is 0 Å². The van der Waals surface area contributed by atoms with Crippen molar-refractivity contribution in [3.05, 3.63) is 29.8 Å². The predicted molar refractivity (Wildman–Crippen MR) is 42.1 cm³/mol. The summed E-state index contributed by atoms with van der Waals surface area (Å²) in [7, 11) is 0. The third-order valence-electron chi connectivity index (χ3n) is 1.97. The van der Waals surface area contributed by atoms with Crippen molar-refractivity contribution in [1.82, 2.24) is 5.53 Å². The molecule has 0 unspecified atom stereocenters. The summed E-state index contributed by atoms with van der Waals surface area (Å²) in [5.74, 6) is 0. The first-order valence-electron chi connectivity index (χ1n) is 3.62. The number of hydrogen-bond donors (Lipinski definition) is 0. The molecule has 0 amide bonds. The van der Waals surface area contributed by atoms with E-state index in [9.17, 15) is 0 Å². The molecule has 1 aromatic carbocycles. The molecule has 0 saturated heterocycles. The van der Waals surface area contributed by atoms with Crippen LogP contribution in [0.5, 0.6) is 0 Å². The van der Waals surface area contributed by atoms with Gasteiger partial charge in [0, 0.05) is 6.54 Å². The molecule has 0 aliphatic carbocycles. The van der Waals surface area contributed by atoms with Crippen molar-refractivity contribution in [2.45, 2.75) is 6.42 Å². The van der Waals surface area contributed by atoms with Crippen molar-refractivity contribution in [3.8, 4) is 0 Å². The SMILES string of the molecule is [N]=NN1CCc2ccccc21. The van der Waals surface area contributed by atoms with E-state index in [1.165, 1.54) is 5.56 Å². The van der Waals surface area contributed by atoms with E-state index in [1.807, 2.05) is 18.2 Å². The van der Waals surface area contributed by atoms with Gasteiger partial charge in [0.1, 0.15) is 0 Å². The molecular formula is C8H8N3. The van der Waals surface area contributed by atoms with Crippen molar-refractivity contribution in [1.29, 1.82) is 0 Å². The molecule has 1 radical (unpaired) electrons. The van der Waals surface area contributed by atoms with Gasteiger partial charge in [0.15, 0.2) is 0 Å². The zero-order chi connectivity index (χ0) is 7.68. The van der Waals surface area contributed by atoms with Gasteiger partial charge in [-0.05, 0) is 28.8 Å². The Labute approximate surface area is 65.1 Å². The quantitative estimate of drug-likeness (QED) is 0.549. The van der Waals surface area contributed by atoms with Crippen LogP contribution in [0, 0.1) is 0 Å². The second-order valence-electron chi connectivity index (χ2n) is 2.59. The van der Waals surface area contributed by atoms with Crippen LogP contribution in [0.15, 0.2) is 29.5 Å². The largest absolute Gasteiger partial charge is 0.245 e. The lowest BCUT2D eigenvalue weighted by Crippen LogP contribution is -2.11. The molecule has 1 aliphatic heterocycles. The van der Waals surface area contributed by atoms with Crippen molar-refractivity contribution in [3.63, 3.8) is 0 Å². The van der Waals surface area contributed by atoms with Crippen molar-refractivity contribution in [2.24, 2.45) is 5.22 Å². The molecule has 0 atom stereocenters. The maximum atomic E-state index is 8.56. The van der Waals surface area contributed by atoms with Crippen LogP contribution in [0.25, 0.3) is 0 Å². The van der Waals surface area contributed by atoms with Crippen LogP contribution in [-0.4, -0.2) is 6.54 Å². The molecule has 0 saturated carbocycles. The minimum Gasteiger partial charge on any atom is -0.245 e. The second kappa shape index (κ2) is 2.34. The van der Waals surface area contributed by atoms with Crippen molar-refractivity contribution in [2.75, 3.05) is 11.6 Å². The minimum absolute atomic E-state index is 0.788. The Morgan fingerprint density at radius 1 is 1.36 bits per heavy atom. The lowest BCUT2D eigenvalue weighted by Gasteiger charge is -2.07. The van der Waals surface area contributed by atoms with Gasteiger partial charge in [-0.3, -0.25) is 0 Å². The number of hydrogen-bond acceptors (Lipinski definition) is 1. The Morgan fingerprint density at radius 2 is 2.18 bits per heavy atom. The molecule has 3 heteroatoms. The van der Waals surface area contributed by atoms with Crippen LogP contribution >= 0.6 is 0 Å². The summed E-state index contributed by atoms with van der Waals surface area (Å²) in [5, 5.41) is 4.77. The molecule has 55 valence electrons. The number of fused-ring (bicyclic) bond motifs is 1. The Kier molecular flexibility index (Phi) is 1.35. The standard InChI is InChI=1S/C8H8N3/c9-10-11-6-5-7-3-1-2-4-8(7)11/h1-4H,5-6H2. The summed E-state index contributed by atoms with van der Waals surface area (Å²) >= 11 is 0. The molecule has 1 aromatic rings. The Hall–Kier alpha value is -1.38. The average molecular weight is 146 g/mol. The van der Waals surface area contributed by atoms with E-state index < -0.39 is 0 Å². The first-order chi connectivity index (χ1) is 5.42. The minimum atomic E-state index is 0.788. The summed E-state index contributed by atoms with van der Waals surface area (Å²) in [5.41, 5.74) is 10.8. The first kappa shape index (κ1) is 6.34. The lowest BCUT2D eigenvalue weighted by molar-refractivity contribution is 0.845. The van der Waals surface area contributed by atoms with Crippen LogP contribution in [0.2, 0.25) is 0 Å². The molecule has 0 N–H and O–H groups in total. The normalized spacial score (nSPS) is 14.7. The number of para-hydroxylation sites is 1. The van der Waals surface area contributed by atoms with E-state index in [-0.39, 0.29) is 0 Å². The predicted octanol–water partition coefficient (Wildman–Crippen LogP) is 1.22. The summed E-state index contributed by atoms with van der Waals surface area (Å²) in [6, 6.07) is 7.96. The van der Waals surface area contributed by atoms with Gasteiger partial charge in [-0.1, -0.05) is 18.2 Å². The van der Waals surface area contributed by atoms with Gasteiger partial charge in [-0.25, -0.2) is 5.01 Å². The zero-order valence-corrected chi connectivity index (χ0v) is 6.07. The Bertz CT molecular complexity index is 282. The summed E-state index contributed by atoms with van der Waals surface area (Å²) in [6.07, 6.45) is 0.972. The smallest absolute Gasteiger partial charge is 0.0644 e. The molecule has 2 rings (SSSR count). The molecule has 0 spiro atoms. The lowest BCUT2D eigenvalue weighted by atomic mass is 10.2. The van der Waals surface area contributed by atoms with Gasteiger partial charge >= 0.3 is 0 Å². The summed E-state index contributed by atoms with van der Waals surface area (Å²) < 4.78 is 0. The second-order valence-corrected chi connectivity index (χ2v) is 2.59. The zero-order valence-electron chi connectivity index (χ0n) is 6.07. The monoisotopic (exact) mass is 146 g/mol. The van der Waals surface area contributed by atoms with E-state index in [2.05, 4.69) is 11.3 Å². The Morgan fingerprint density at radius 3 is 3.00 bits per heavy atom. The fourth-order valence-electron chi connectivity index (χ4n) is 1.41. The molecule has 0 aromatic heterocycles. The van der Waals surface area contributed by atoms with Gasteiger partial charge < -0.3 is 0 Å². The van der Waals surface area contributed by atoms with Crippen LogP contribution < -0.4 is 10.5 Å². The fraction of sp³-hybridized carbons (Fsp3) is 0.250. The van der Waals surface area contributed by atoms with Crippen LogP contribution in [0.3, 0.4) is 0 Å². The van der Waals surface area contributed by atoms with Crippen LogP contribution in [-0.2, 0) is 6.42 Å². The van der Waals surface area contributed by atoms with Crippen molar-refractivity contribution < 1.29 is 0 Å². The molecule has 1 aliphatic rings. The number of nitrogens with zero attached hydrogens (tertiary/aromatic N) is 3. The first-order valence-corrected chi connectivity index (χ1v) is 3.62. The number of rotatable bonds is 1. The molecule has 3 nitrogen and oxygen atoms in total. The maximum Gasteiger partial charge on any atom is 0.0644 e. The van der Waals surface area contributed by atoms with Gasteiger partial charge in [0.25, 0.3) is 0 Å². The van der Waals surface area contributed by atoms with E-state index in [1.54, 1.807) is 5.01 Å². The third-order valence-corrected chi connectivity index (χ3v) is 1.97.